The molecule has 0 amide bonds. The van der Waals surface area contributed by atoms with Gasteiger partial charge in [0.1, 0.15) is 5.82 Å². The summed E-state index contributed by atoms with van der Waals surface area (Å²) in [7, 11) is 1.21. The van der Waals surface area contributed by atoms with Crippen LogP contribution < -0.4 is 9.80 Å². The van der Waals surface area contributed by atoms with E-state index >= 15 is 0 Å². The van der Waals surface area contributed by atoms with Crippen LogP contribution in [0.3, 0.4) is 0 Å². The number of anilines is 2. The van der Waals surface area contributed by atoms with Crippen molar-refractivity contribution in [3.05, 3.63) is 51.3 Å². The fraction of sp³-hybridized carbons (Fsp3) is 0.312. The molecule has 3 heterocycles. The molecule has 1 saturated heterocycles. The Morgan fingerprint density at radius 2 is 1.88 bits per heavy atom. The van der Waals surface area contributed by atoms with E-state index in [-0.39, 0.29) is 17.1 Å². The number of ether oxygens (including phenoxy) is 1. The fourth-order valence-corrected chi connectivity index (χ4v) is 3.03. The fourth-order valence-electron chi connectivity index (χ4n) is 2.79. The molecule has 10 heteroatoms. The average molecular weight is 378 g/mol. The number of carbonyl (C=O) groups excluding carboxylic acids is 1. The van der Waals surface area contributed by atoms with Crippen LogP contribution >= 0.6 is 11.6 Å². The third kappa shape index (κ3) is 3.52. The van der Waals surface area contributed by atoms with Crippen molar-refractivity contribution in [1.82, 2.24) is 9.97 Å². The topological polar surface area (TPSA) is 102 Å². The van der Waals surface area contributed by atoms with E-state index in [1.165, 1.54) is 19.4 Å². The Bertz CT molecular complexity index is 839. The lowest BCUT2D eigenvalue weighted by molar-refractivity contribution is -0.384. The number of hydrogen-bond acceptors (Lipinski definition) is 8. The van der Waals surface area contributed by atoms with Gasteiger partial charge in [-0.2, -0.15) is 0 Å². The Hall–Kier alpha value is -2.94. The summed E-state index contributed by atoms with van der Waals surface area (Å²) < 4.78 is 4.59. The summed E-state index contributed by atoms with van der Waals surface area (Å²) in [5.41, 5.74) is -0.181. The number of aromatic nitrogens is 2. The van der Waals surface area contributed by atoms with E-state index in [4.69, 9.17) is 11.6 Å². The zero-order valence-corrected chi connectivity index (χ0v) is 14.7. The van der Waals surface area contributed by atoms with Crippen molar-refractivity contribution in [3.8, 4) is 0 Å². The molecule has 0 bridgehead atoms. The first-order chi connectivity index (χ1) is 12.5. The van der Waals surface area contributed by atoms with E-state index in [0.717, 1.165) is 0 Å². The molecule has 2 aromatic rings. The highest BCUT2D eigenvalue weighted by Gasteiger charge is 2.27. The molecule has 9 nitrogen and oxygen atoms in total. The molecule has 0 atom stereocenters. The number of piperazine rings is 1. The first-order valence-corrected chi connectivity index (χ1v) is 8.22. The molecule has 0 spiro atoms. The molecule has 0 aliphatic carbocycles. The van der Waals surface area contributed by atoms with Crippen LogP contribution in [0, 0.1) is 10.1 Å². The molecule has 136 valence electrons. The summed E-state index contributed by atoms with van der Waals surface area (Å²) in [5, 5.41) is 12.0. The molecule has 26 heavy (non-hydrogen) atoms. The van der Waals surface area contributed by atoms with Gasteiger partial charge in [-0.15, -0.1) is 0 Å². The molecule has 1 aliphatic heterocycles. The SMILES string of the molecule is COC(=O)c1cnc(N2CCN(c3ncccc3Cl)CC2)c([N+](=O)[O-])c1. The molecule has 0 N–H and O–H groups in total. The van der Waals surface area contributed by atoms with Crippen LogP contribution in [0.15, 0.2) is 30.6 Å². The number of pyridine rings is 2. The molecule has 3 rings (SSSR count). The van der Waals surface area contributed by atoms with Gasteiger partial charge in [0.2, 0.25) is 5.82 Å². The molecule has 0 aromatic carbocycles. The van der Waals surface area contributed by atoms with Gasteiger partial charge in [-0.1, -0.05) is 11.6 Å². The van der Waals surface area contributed by atoms with E-state index in [0.29, 0.717) is 37.0 Å². The standard InChI is InChI=1S/C16H16ClN5O4/c1-26-16(23)11-9-13(22(24)25)15(19-10-11)21-7-5-20(6-8-21)14-12(17)3-2-4-18-14/h2-4,9-10H,5-8H2,1H3. The molecule has 0 saturated carbocycles. The summed E-state index contributed by atoms with van der Waals surface area (Å²) in [5.74, 6) is 0.258. The number of nitro groups is 1. The second kappa shape index (κ2) is 7.52. The molecular weight excluding hydrogens is 362 g/mol. The zero-order chi connectivity index (χ0) is 18.7. The van der Waals surface area contributed by atoms with Gasteiger partial charge in [-0.3, -0.25) is 10.1 Å². The minimum Gasteiger partial charge on any atom is -0.465 e. The van der Waals surface area contributed by atoms with Crippen molar-refractivity contribution in [2.45, 2.75) is 0 Å². The predicted octanol–water partition coefficient (Wildman–Crippen LogP) is 2.15. The minimum atomic E-state index is -0.665. The Balaban J connectivity index is 1.80. The van der Waals surface area contributed by atoms with Crippen LogP contribution in [0.2, 0.25) is 5.02 Å². The molecule has 2 aromatic heterocycles. The summed E-state index contributed by atoms with van der Waals surface area (Å²) >= 11 is 6.18. The third-order valence-corrected chi connectivity index (χ3v) is 4.38. The van der Waals surface area contributed by atoms with Gasteiger partial charge >= 0.3 is 11.7 Å². The maximum Gasteiger partial charge on any atom is 0.339 e. The van der Waals surface area contributed by atoms with Crippen LogP contribution in [0.4, 0.5) is 17.3 Å². The highest BCUT2D eigenvalue weighted by Crippen LogP contribution is 2.29. The number of methoxy groups -OCH3 is 1. The van der Waals surface area contributed by atoms with Crippen molar-refractivity contribution in [2.24, 2.45) is 0 Å². The molecule has 1 aliphatic rings. The quantitative estimate of drug-likeness (QED) is 0.453. The Morgan fingerprint density at radius 3 is 2.46 bits per heavy atom. The van der Waals surface area contributed by atoms with Gasteiger partial charge in [0.15, 0.2) is 0 Å². The van der Waals surface area contributed by atoms with Gasteiger partial charge < -0.3 is 14.5 Å². The molecular formula is C16H16ClN5O4. The number of halogens is 1. The molecule has 1 fully saturated rings. The number of carbonyl (C=O) groups is 1. The number of nitrogens with zero attached hydrogens (tertiary/aromatic N) is 5. The third-order valence-electron chi connectivity index (χ3n) is 4.08. The monoisotopic (exact) mass is 377 g/mol. The maximum absolute atomic E-state index is 11.6. The van der Waals surface area contributed by atoms with Crippen LogP contribution in [0.25, 0.3) is 0 Å². The normalized spacial score (nSPS) is 14.2. The van der Waals surface area contributed by atoms with E-state index in [1.54, 1.807) is 18.3 Å². The van der Waals surface area contributed by atoms with Crippen molar-refractivity contribution >= 4 is 34.9 Å². The first-order valence-electron chi connectivity index (χ1n) is 7.84. The van der Waals surface area contributed by atoms with Crippen LogP contribution in [-0.4, -0.2) is 54.1 Å². The summed E-state index contributed by atoms with van der Waals surface area (Å²) in [4.78, 5) is 34.7. The van der Waals surface area contributed by atoms with Gasteiger partial charge in [0, 0.05) is 44.6 Å². The summed E-state index contributed by atoms with van der Waals surface area (Å²) in [6, 6.07) is 4.72. The largest absolute Gasteiger partial charge is 0.465 e. The second-order valence-electron chi connectivity index (χ2n) is 5.60. The van der Waals surface area contributed by atoms with E-state index in [1.807, 2.05) is 9.80 Å². The Kier molecular flexibility index (Phi) is 5.17. The average Bonchev–Trinajstić information content (AvgIpc) is 2.67. The summed E-state index contributed by atoms with van der Waals surface area (Å²) in [6.07, 6.45) is 2.96. The van der Waals surface area contributed by atoms with Crippen molar-refractivity contribution in [2.75, 3.05) is 43.1 Å². The predicted molar refractivity (Wildman–Crippen MR) is 95.9 cm³/mol. The van der Waals surface area contributed by atoms with Gasteiger partial charge in [-0.25, -0.2) is 14.8 Å². The first kappa shape index (κ1) is 17.9. The van der Waals surface area contributed by atoms with Crippen molar-refractivity contribution in [3.63, 3.8) is 0 Å². The highest BCUT2D eigenvalue weighted by atomic mass is 35.5. The van der Waals surface area contributed by atoms with E-state index in [2.05, 4.69) is 14.7 Å². The van der Waals surface area contributed by atoms with Gasteiger partial charge in [0.25, 0.3) is 0 Å². The summed E-state index contributed by atoms with van der Waals surface area (Å²) in [6.45, 7) is 2.21. The smallest absolute Gasteiger partial charge is 0.339 e. The second-order valence-corrected chi connectivity index (χ2v) is 6.01. The molecule has 0 radical (unpaired) electrons. The number of esters is 1. The van der Waals surface area contributed by atoms with E-state index in [9.17, 15) is 14.9 Å². The molecule has 0 unspecified atom stereocenters. The van der Waals surface area contributed by atoms with Crippen molar-refractivity contribution < 1.29 is 14.5 Å². The lowest BCUT2D eigenvalue weighted by Crippen LogP contribution is -2.47. The van der Waals surface area contributed by atoms with Gasteiger partial charge in [0.05, 0.1) is 22.6 Å². The lowest BCUT2D eigenvalue weighted by atomic mass is 10.2. The zero-order valence-electron chi connectivity index (χ0n) is 14.0. The highest BCUT2D eigenvalue weighted by molar-refractivity contribution is 6.32. The number of rotatable bonds is 4. The van der Waals surface area contributed by atoms with Crippen LogP contribution in [-0.2, 0) is 4.74 Å². The van der Waals surface area contributed by atoms with Crippen LogP contribution in [0.5, 0.6) is 0 Å². The number of hydrogen-bond donors (Lipinski definition) is 0. The lowest BCUT2D eigenvalue weighted by Gasteiger charge is -2.36. The minimum absolute atomic E-state index is 0.0434. The maximum atomic E-state index is 11.6. The van der Waals surface area contributed by atoms with Crippen molar-refractivity contribution in [1.29, 1.82) is 0 Å². The van der Waals surface area contributed by atoms with Gasteiger partial charge in [-0.05, 0) is 12.1 Å². The van der Waals surface area contributed by atoms with Crippen LogP contribution in [0.1, 0.15) is 10.4 Å². The van der Waals surface area contributed by atoms with E-state index < -0.39 is 10.9 Å². The Morgan fingerprint density at radius 1 is 1.23 bits per heavy atom. The Labute approximate surface area is 154 Å².